The lowest BCUT2D eigenvalue weighted by molar-refractivity contribution is -0.138. The second-order valence-corrected chi connectivity index (χ2v) is 3.60. The highest BCUT2D eigenvalue weighted by Crippen LogP contribution is 2.24. The van der Waals surface area contributed by atoms with E-state index in [4.69, 9.17) is 5.11 Å². The van der Waals surface area contributed by atoms with Gasteiger partial charge in [-0.05, 0) is 19.3 Å². The molecule has 1 N–H and O–H groups in total. The van der Waals surface area contributed by atoms with Crippen molar-refractivity contribution in [2.24, 2.45) is 5.92 Å². The molecular formula is C9H12N2O2. The molecule has 70 valence electrons. The molecule has 2 heterocycles. The Labute approximate surface area is 76.2 Å². The van der Waals surface area contributed by atoms with Gasteiger partial charge in [0.2, 0.25) is 0 Å². The Kier molecular flexibility index (Phi) is 1.83. The van der Waals surface area contributed by atoms with Crippen LogP contribution in [-0.4, -0.2) is 20.6 Å². The van der Waals surface area contributed by atoms with Crippen molar-refractivity contribution < 1.29 is 9.90 Å². The van der Waals surface area contributed by atoms with Crippen molar-refractivity contribution in [3.8, 4) is 0 Å². The van der Waals surface area contributed by atoms with Gasteiger partial charge >= 0.3 is 5.97 Å². The second kappa shape index (κ2) is 2.87. The zero-order valence-corrected chi connectivity index (χ0v) is 7.53. The van der Waals surface area contributed by atoms with Crippen LogP contribution in [0.4, 0.5) is 0 Å². The van der Waals surface area contributed by atoms with Crippen LogP contribution in [0.5, 0.6) is 0 Å². The largest absolute Gasteiger partial charge is 0.481 e. The molecule has 4 nitrogen and oxygen atoms in total. The van der Waals surface area contributed by atoms with Crippen LogP contribution in [0, 0.1) is 12.8 Å². The van der Waals surface area contributed by atoms with Gasteiger partial charge in [-0.15, -0.1) is 0 Å². The van der Waals surface area contributed by atoms with Gasteiger partial charge < -0.3 is 9.67 Å². The maximum atomic E-state index is 10.5. The van der Waals surface area contributed by atoms with Crippen LogP contribution in [0.15, 0.2) is 6.33 Å². The third-order valence-electron chi connectivity index (χ3n) is 2.56. The van der Waals surface area contributed by atoms with Crippen molar-refractivity contribution in [3.05, 3.63) is 17.7 Å². The van der Waals surface area contributed by atoms with Crippen LogP contribution >= 0.6 is 0 Å². The SMILES string of the molecule is Cc1ncn2c1CC(CC(=O)O)C2. The quantitative estimate of drug-likeness (QED) is 0.733. The van der Waals surface area contributed by atoms with E-state index >= 15 is 0 Å². The molecule has 0 aliphatic carbocycles. The van der Waals surface area contributed by atoms with Gasteiger partial charge in [-0.25, -0.2) is 4.98 Å². The highest BCUT2D eigenvalue weighted by Gasteiger charge is 2.24. The molecular weight excluding hydrogens is 168 g/mol. The molecule has 0 aromatic carbocycles. The Morgan fingerprint density at radius 2 is 2.62 bits per heavy atom. The van der Waals surface area contributed by atoms with E-state index in [1.807, 2.05) is 6.92 Å². The molecule has 2 rings (SSSR count). The molecule has 1 aliphatic heterocycles. The molecule has 0 fully saturated rings. The highest BCUT2D eigenvalue weighted by atomic mass is 16.4. The molecule has 13 heavy (non-hydrogen) atoms. The fourth-order valence-corrected chi connectivity index (χ4v) is 1.93. The predicted molar refractivity (Wildman–Crippen MR) is 46.4 cm³/mol. The summed E-state index contributed by atoms with van der Waals surface area (Å²) < 4.78 is 2.06. The van der Waals surface area contributed by atoms with Crippen molar-refractivity contribution >= 4 is 5.97 Å². The number of hydrogen-bond acceptors (Lipinski definition) is 2. The van der Waals surface area contributed by atoms with E-state index in [0.717, 1.165) is 18.7 Å². The molecule has 0 saturated heterocycles. The van der Waals surface area contributed by atoms with Gasteiger partial charge in [0.25, 0.3) is 0 Å². The number of carboxylic acid groups (broad SMARTS) is 1. The predicted octanol–water partition coefficient (Wildman–Crippen LogP) is 0.839. The van der Waals surface area contributed by atoms with Crippen LogP contribution in [0.25, 0.3) is 0 Å². The summed E-state index contributed by atoms with van der Waals surface area (Å²) >= 11 is 0. The standard InChI is InChI=1S/C9H12N2O2/c1-6-8-2-7(3-9(12)13)4-11(8)5-10-6/h5,7H,2-4H2,1H3,(H,12,13). The Bertz CT molecular complexity index is 343. The van der Waals surface area contributed by atoms with Crippen LogP contribution in [0.3, 0.4) is 0 Å². The van der Waals surface area contributed by atoms with Gasteiger partial charge in [0.05, 0.1) is 18.4 Å². The first-order chi connectivity index (χ1) is 6.16. The van der Waals surface area contributed by atoms with E-state index in [0.29, 0.717) is 0 Å². The first-order valence-electron chi connectivity index (χ1n) is 4.39. The number of carbonyl (C=O) groups is 1. The number of fused-ring (bicyclic) bond motifs is 1. The van der Waals surface area contributed by atoms with Gasteiger partial charge in [-0.2, -0.15) is 0 Å². The molecule has 0 saturated carbocycles. The average Bonchev–Trinajstić information content (AvgIpc) is 2.53. The molecule has 1 aromatic rings. The minimum absolute atomic E-state index is 0.259. The molecule has 1 unspecified atom stereocenters. The molecule has 0 bridgehead atoms. The number of rotatable bonds is 2. The van der Waals surface area contributed by atoms with Gasteiger partial charge in [0.15, 0.2) is 0 Å². The zero-order valence-electron chi connectivity index (χ0n) is 7.53. The fraction of sp³-hybridized carbons (Fsp3) is 0.556. The minimum Gasteiger partial charge on any atom is -0.481 e. The fourth-order valence-electron chi connectivity index (χ4n) is 1.93. The number of carboxylic acids is 1. The number of imidazole rings is 1. The maximum Gasteiger partial charge on any atom is 0.303 e. The van der Waals surface area contributed by atoms with Crippen molar-refractivity contribution in [1.82, 2.24) is 9.55 Å². The smallest absolute Gasteiger partial charge is 0.303 e. The summed E-state index contributed by atoms with van der Waals surface area (Å²) in [6, 6.07) is 0. The topological polar surface area (TPSA) is 55.1 Å². The second-order valence-electron chi connectivity index (χ2n) is 3.60. The molecule has 0 radical (unpaired) electrons. The molecule has 0 amide bonds. The summed E-state index contributed by atoms with van der Waals surface area (Å²) in [5.41, 5.74) is 2.24. The monoisotopic (exact) mass is 180 g/mol. The van der Waals surface area contributed by atoms with E-state index in [1.54, 1.807) is 6.33 Å². The first kappa shape index (κ1) is 8.29. The summed E-state index contributed by atoms with van der Waals surface area (Å²) in [7, 11) is 0. The van der Waals surface area contributed by atoms with Crippen molar-refractivity contribution in [2.75, 3.05) is 0 Å². The van der Waals surface area contributed by atoms with Crippen molar-refractivity contribution in [2.45, 2.75) is 26.3 Å². The lowest BCUT2D eigenvalue weighted by Crippen LogP contribution is -2.09. The van der Waals surface area contributed by atoms with Gasteiger partial charge in [-0.3, -0.25) is 4.79 Å². The summed E-state index contributed by atoms with van der Waals surface area (Å²) in [4.78, 5) is 14.7. The van der Waals surface area contributed by atoms with Gasteiger partial charge in [-0.1, -0.05) is 0 Å². The van der Waals surface area contributed by atoms with E-state index < -0.39 is 5.97 Å². The Morgan fingerprint density at radius 3 is 3.23 bits per heavy atom. The summed E-state index contributed by atoms with van der Waals surface area (Å²) in [5, 5.41) is 8.63. The lowest BCUT2D eigenvalue weighted by Gasteiger charge is -2.03. The maximum absolute atomic E-state index is 10.5. The zero-order chi connectivity index (χ0) is 9.42. The first-order valence-corrected chi connectivity index (χ1v) is 4.39. The molecule has 0 spiro atoms. The van der Waals surface area contributed by atoms with Crippen LogP contribution in [-0.2, 0) is 17.8 Å². The van der Waals surface area contributed by atoms with Gasteiger partial charge in [0, 0.05) is 12.2 Å². The summed E-state index contributed by atoms with van der Waals surface area (Å²) in [6.07, 6.45) is 2.92. The molecule has 1 atom stereocenters. The van der Waals surface area contributed by atoms with Crippen molar-refractivity contribution in [1.29, 1.82) is 0 Å². The lowest BCUT2D eigenvalue weighted by atomic mass is 10.0. The third-order valence-corrected chi connectivity index (χ3v) is 2.56. The Balaban J connectivity index is 2.10. The van der Waals surface area contributed by atoms with Gasteiger partial charge in [0.1, 0.15) is 0 Å². The van der Waals surface area contributed by atoms with Crippen molar-refractivity contribution in [3.63, 3.8) is 0 Å². The third kappa shape index (κ3) is 1.43. The van der Waals surface area contributed by atoms with E-state index in [1.165, 1.54) is 5.69 Å². The number of aliphatic carboxylic acids is 1. The van der Waals surface area contributed by atoms with E-state index in [-0.39, 0.29) is 12.3 Å². The highest BCUT2D eigenvalue weighted by molar-refractivity contribution is 5.67. The molecule has 4 heteroatoms. The van der Waals surface area contributed by atoms with Crippen LogP contribution < -0.4 is 0 Å². The number of nitrogens with zero attached hydrogens (tertiary/aromatic N) is 2. The minimum atomic E-state index is -0.707. The summed E-state index contributed by atoms with van der Waals surface area (Å²) in [6.45, 7) is 2.78. The summed E-state index contributed by atoms with van der Waals surface area (Å²) in [5.74, 6) is -0.449. The molecule has 1 aliphatic rings. The Hall–Kier alpha value is -1.32. The van der Waals surface area contributed by atoms with Crippen LogP contribution in [0.2, 0.25) is 0 Å². The number of aromatic nitrogens is 2. The number of hydrogen-bond donors (Lipinski definition) is 1. The van der Waals surface area contributed by atoms with E-state index in [2.05, 4.69) is 9.55 Å². The van der Waals surface area contributed by atoms with E-state index in [9.17, 15) is 4.79 Å². The number of aryl methyl sites for hydroxylation is 1. The normalized spacial score (nSPS) is 20.2. The average molecular weight is 180 g/mol. The van der Waals surface area contributed by atoms with Crippen LogP contribution in [0.1, 0.15) is 17.8 Å². The molecule has 1 aromatic heterocycles. The Morgan fingerprint density at radius 1 is 1.85 bits per heavy atom.